The summed E-state index contributed by atoms with van der Waals surface area (Å²) in [4.78, 5) is 0. The Morgan fingerprint density at radius 2 is 1.29 bits per heavy atom. The van der Waals surface area contributed by atoms with Gasteiger partial charge in [0, 0.05) is 0 Å². The van der Waals surface area contributed by atoms with E-state index in [1.165, 1.54) is 42.7 Å². The predicted molar refractivity (Wildman–Crippen MR) is 97.3 cm³/mol. The van der Waals surface area contributed by atoms with E-state index in [1.807, 2.05) is 0 Å². The molecule has 0 N–H and O–H groups in total. The predicted octanol–water partition coefficient (Wildman–Crippen LogP) is 5.48. The van der Waals surface area contributed by atoms with E-state index in [2.05, 4.69) is 74.5 Å². The Labute approximate surface area is 131 Å². The molecule has 0 fully saturated rings. The monoisotopic (exact) mass is 298 g/mol. The van der Waals surface area contributed by atoms with Crippen molar-refractivity contribution in [1.82, 2.24) is 0 Å². The van der Waals surface area contributed by atoms with Crippen LogP contribution in [0.1, 0.15) is 46.0 Å². The van der Waals surface area contributed by atoms with Crippen molar-refractivity contribution < 1.29 is 0 Å². The number of rotatable bonds is 8. The average Bonchev–Trinajstić information content (AvgIpc) is 2.54. The molecule has 0 saturated carbocycles. The second kappa shape index (κ2) is 9.00. The second-order valence-electron chi connectivity index (χ2n) is 5.74. The largest absolute Gasteiger partial charge is 0.0654 e. The van der Waals surface area contributed by atoms with E-state index in [4.69, 9.17) is 0 Å². The zero-order chi connectivity index (χ0) is 14.9. The molecule has 0 aliphatic carbocycles. The molecular weight excluding hydrogens is 271 g/mol. The minimum absolute atomic E-state index is 0.233. The van der Waals surface area contributed by atoms with Crippen molar-refractivity contribution in [1.29, 1.82) is 0 Å². The molecule has 1 atom stereocenters. The minimum atomic E-state index is -0.233. The number of unbranched alkanes of at least 4 members (excludes halogenated alkanes) is 3. The second-order valence-corrected chi connectivity index (χ2v) is 8.39. The van der Waals surface area contributed by atoms with Gasteiger partial charge in [0.05, 0.1) is 0 Å². The maximum atomic E-state index is 2.44. The summed E-state index contributed by atoms with van der Waals surface area (Å²) in [6, 6.07) is 22.2. The summed E-state index contributed by atoms with van der Waals surface area (Å²) in [5, 5.41) is 3.03. The molecule has 0 bridgehead atoms. The third-order valence-electron chi connectivity index (χ3n) is 3.98. The molecule has 0 spiro atoms. The first-order valence-electron chi connectivity index (χ1n) is 8.22. The van der Waals surface area contributed by atoms with Crippen LogP contribution in [0.4, 0.5) is 0 Å². The van der Waals surface area contributed by atoms with Gasteiger partial charge < -0.3 is 0 Å². The zero-order valence-electron chi connectivity index (χ0n) is 13.3. The number of hydrogen-bond donors (Lipinski definition) is 0. The highest BCUT2D eigenvalue weighted by Gasteiger charge is 2.20. The smallest absolute Gasteiger partial charge is 0.0157 e. The molecule has 2 aromatic rings. The van der Waals surface area contributed by atoms with Gasteiger partial charge in [0.1, 0.15) is 0 Å². The SMILES string of the molecule is CCCCCCC(C)P(c1ccccc1)c1ccccc1. The van der Waals surface area contributed by atoms with Crippen molar-refractivity contribution in [3.8, 4) is 0 Å². The first-order valence-corrected chi connectivity index (χ1v) is 9.63. The summed E-state index contributed by atoms with van der Waals surface area (Å²) >= 11 is 0. The van der Waals surface area contributed by atoms with Crippen LogP contribution >= 0.6 is 7.92 Å². The lowest BCUT2D eigenvalue weighted by atomic mass is 10.1. The summed E-state index contributed by atoms with van der Waals surface area (Å²) in [5.41, 5.74) is 0.752. The molecule has 2 rings (SSSR count). The highest BCUT2D eigenvalue weighted by Crippen LogP contribution is 2.41. The fourth-order valence-electron chi connectivity index (χ4n) is 2.83. The Kier molecular flexibility index (Phi) is 6.96. The highest BCUT2D eigenvalue weighted by atomic mass is 31.1. The molecule has 0 nitrogen and oxygen atoms in total. The lowest BCUT2D eigenvalue weighted by Crippen LogP contribution is -2.19. The lowest BCUT2D eigenvalue weighted by Gasteiger charge is -2.25. The fourth-order valence-corrected chi connectivity index (χ4v) is 5.57. The first-order chi connectivity index (χ1) is 10.3. The summed E-state index contributed by atoms with van der Waals surface area (Å²) in [6.07, 6.45) is 6.79. The van der Waals surface area contributed by atoms with Gasteiger partial charge in [-0.15, -0.1) is 0 Å². The van der Waals surface area contributed by atoms with Crippen molar-refractivity contribution in [2.45, 2.75) is 51.6 Å². The number of hydrogen-bond acceptors (Lipinski definition) is 0. The summed E-state index contributed by atoms with van der Waals surface area (Å²) in [6.45, 7) is 4.72. The standard InChI is InChI=1S/C20H27P/c1-3-4-5-8-13-18(2)21(19-14-9-6-10-15-19)20-16-11-7-12-17-20/h6-7,9-12,14-18H,3-5,8,13H2,1-2H3. The van der Waals surface area contributed by atoms with Crippen molar-refractivity contribution in [2.75, 3.05) is 0 Å². The van der Waals surface area contributed by atoms with Gasteiger partial charge in [0.15, 0.2) is 0 Å². The summed E-state index contributed by atoms with van der Waals surface area (Å²) in [5.74, 6) is 0. The normalized spacial score (nSPS) is 12.5. The van der Waals surface area contributed by atoms with Crippen LogP contribution in [-0.4, -0.2) is 5.66 Å². The fraction of sp³-hybridized carbons (Fsp3) is 0.400. The van der Waals surface area contributed by atoms with Crippen LogP contribution in [0.3, 0.4) is 0 Å². The van der Waals surface area contributed by atoms with Gasteiger partial charge in [-0.3, -0.25) is 0 Å². The Morgan fingerprint density at radius 3 is 1.76 bits per heavy atom. The molecule has 0 radical (unpaired) electrons. The number of benzene rings is 2. The quantitative estimate of drug-likeness (QED) is 0.447. The maximum absolute atomic E-state index is 2.44. The molecule has 1 unspecified atom stereocenters. The Morgan fingerprint density at radius 1 is 0.762 bits per heavy atom. The van der Waals surface area contributed by atoms with Crippen molar-refractivity contribution in [2.24, 2.45) is 0 Å². The minimum Gasteiger partial charge on any atom is -0.0654 e. The van der Waals surface area contributed by atoms with Crippen LogP contribution in [0.5, 0.6) is 0 Å². The van der Waals surface area contributed by atoms with E-state index in [1.54, 1.807) is 0 Å². The van der Waals surface area contributed by atoms with Crippen LogP contribution in [0.2, 0.25) is 0 Å². The molecule has 0 amide bonds. The van der Waals surface area contributed by atoms with Gasteiger partial charge in [0.25, 0.3) is 0 Å². The average molecular weight is 298 g/mol. The topological polar surface area (TPSA) is 0 Å². The Balaban J connectivity index is 2.13. The van der Waals surface area contributed by atoms with Gasteiger partial charge in [-0.25, -0.2) is 0 Å². The molecule has 0 aliphatic heterocycles. The van der Waals surface area contributed by atoms with Crippen LogP contribution in [0.15, 0.2) is 60.7 Å². The van der Waals surface area contributed by atoms with E-state index in [0.29, 0.717) is 0 Å². The molecule has 1 heteroatoms. The van der Waals surface area contributed by atoms with Gasteiger partial charge >= 0.3 is 0 Å². The Hall–Kier alpha value is -1.13. The van der Waals surface area contributed by atoms with Gasteiger partial charge in [0.2, 0.25) is 0 Å². The third kappa shape index (κ3) is 4.97. The van der Waals surface area contributed by atoms with Crippen LogP contribution in [0.25, 0.3) is 0 Å². The van der Waals surface area contributed by atoms with Gasteiger partial charge in [-0.1, -0.05) is 100 Å². The van der Waals surface area contributed by atoms with E-state index in [-0.39, 0.29) is 7.92 Å². The van der Waals surface area contributed by atoms with Gasteiger partial charge in [-0.05, 0) is 30.6 Å². The zero-order valence-corrected chi connectivity index (χ0v) is 14.2. The molecular formula is C20H27P. The maximum Gasteiger partial charge on any atom is -0.0157 e. The molecule has 0 saturated heterocycles. The molecule has 21 heavy (non-hydrogen) atoms. The van der Waals surface area contributed by atoms with E-state index in [9.17, 15) is 0 Å². The summed E-state index contributed by atoms with van der Waals surface area (Å²) in [7, 11) is -0.233. The van der Waals surface area contributed by atoms with Crippen molar-refractivity contribution in [3.05, 3.63) is 60.7 Å². The molecule has 112 valence electrons. The van der Waals surface area contributed by atoms with Crippen LogP contribution < -0.4 is 10.6 Å². The Bertz CT molecular complexity index is 452. The van der Waals surface area contributed by atoms with E-state index < -0.39 is 0 Å². The van der Waals surface area contributed by atoms with Crippen LogP contribution in [-0.2, 0) is 0 Å². The van der Waals surface area contributed by atoms with E-state index >= 15 is 0 Å². The van der Waals surface area contributed by atoms with Crippen molar-refractivity contribution in [3.63, 3.8) is 0 Å². The van der Waals surface area contributed by atoms with E-state index in [0.717, 1.165) is 5.66 Å². The molecule has 0 heterocycles. The van der Waals surface area contributed by atoms with Gasteiger partial charge in [-0.2, -0.15) is 0 Å². The summed E-state index contributed by atoms with van der Waals surface area (Å²) < 4.78 is 0. The van der Waals surface area contributed by atoms with Crippen molar-refractivity contribution >= 4 is 18.5 Å². The lowest BCUT2D eigenvalue weighted by molar-refractivity contribution is 0.629. The van der Waals surface area contributed by atoms with Crippen LogP contribution in [0, 0.1) is 0 Å². The highest BCUT2D eigenvalue weighted by molar-refractivity contribution is 7.73. The first kappa shape index (κ1) is 16.2. The third-order valence-corrected chi connectivity index (χ3v) is 6.83. The molecule has 2 aromatic carbocycles. The molecule has 0 aliphatic rings. The molecule has 0 aromatic heterocycles.